The van der Waals surface area contributed by atoms with E-state index >= 15 is 0 Å². The minimum atomic E-state index is -1.23. The highest BCUT2D eigenvalue weighted by atomic mass is 19.1. The van der Waals surface area contributed by atoms with Crippen LogP contribution in [0.4, 0.5) is 10.2 Å². The number of aryl methyl sites for hydroxylation is 1. The van der Waals surface area contributed by atoms with Gasteiger partial charge in [0.1, 0.15) is 23.4 Å². The number of halogens is 1. The maximum absolute atomic E-state index is 14.1. The van der Waals surface area contributed by atoms with Crippen LogP contribution in [0.1, 0.15) is 53.4 Å². The van der Waals surface area contributed by atoms with E-state index in [1.165, 1.54) is 4.90 Å². The summed E-state index contributed by atoms with van der Waals surface area (Å²) in [6.07, 6.45) is 1.33. The lowest BCUT2D eigenvalue weighted by atomic mass is 10.1. The first-order valence-corrected chi connectivity index (χ1v) is 10.6. The number of H-pyrrole nitrogens is 1. The average Bonchev–Trinajstić information content (AvgIpc) is 3.12. The summed E-state index contributed by atoms with van der Waals surface area (Å²) in [5.74, 6) is 0.162. The number of benzene rings is 1. The molecule has 2 N–H and O–H groups in total. The zero-order valence-electron chi connectivity index (χ0n) is 17.9. The highest BCUT2D eigenvalue weighted by Crippen LogP contribution is 2.54. The number of amides is 2. The fraction of sp³-hybridized carbons (Fsp3) is 0.409. The van der Waals surface area contributed by atoms with Gasteiger partial charge in [-0.3, -0.25) is 19.6 Å². The number of hydrogen-bond donors (Lipinski definition) is 2. The topological polar surface area (TPSA) is 109 Å². The molecule has 2 amide bonds. The van der Waals surface area contributed by atoms with Crippen LogP contribution in [0.25, 0.3) is 0 Å². The molecular weight excluding hydrogens is 413 g/mol. The number of aromatic amines is 1. The Kier molecular flexibility index (Phi) is 4.79. The predicted octanol–water partition coefficient (Wildman–Crippen LogP) is 1.97. The molecule has 1 aliphatic carbocycles. The number of aromatic nitrogens is 5. The molecule has 5 rings (SSSR count). The normalized spacial score (nSPS) is 24.7. The molecular formula is C22H24FN7O2. The molecule has 166 valence electrons. The van der Waals surface area contributed by atoms with Gasteiger partial charge in [0.25, 0.3) is 11.8 Å². The molecule has 0 radical (unpaired) electrons. The lowest BCUT2D eigenvalue weighted by Gasteiger charge is -2.19. The smallest absolute Gasteiger partial charge is 0.291 e. The quantitative estimate of drug-likeness (QED) is 0.634. The molecule has 9 nitrogen and oxygen atoms in total. The van der Waals surface area contributed by atoms with Gasteiger partial charge in [0.15, 0.2) is 0 Å². The van der Waals surface area contributed by atoms with Gasteiger partial charge in [0, 0.05) is 32.0 Å². The molecule has 2 unspecified atom stereocenters. The average molecular weight is 437 g/mol. The molecule has 1 aliphatic heterocycles. The van der Waals surface area contributed by atoms with Crippen LogP contribution in [0.5, 0.6) is 0 Å². The van der Waals surface area contributed by atoms with Crippen LogP contribution in [0.3, 0.4) is 0 Å². The third-order valence-electron chi connectivity index (χ3n) is 6.16. The Morgan fingerprint density at radius 2 is 2.09 bits per heavy atom. The number of likely N-dealkylation sites (N-methyl/N-ethyl adjacent to an activating group) is 1. The minimum absolute atomic E-state index is 0.00776. The second kappa shape index (κ2) is 7.54. The molecule has 0 spiro atoms. The van der Waals surface area contributed by atoms with Gasteiger partial charge in [-0.25, -0.2) is 14.1 Å². The van der Waals surface area contributed by atoms with Crippen molar-refractivity contribution < 1.29 is 14.0 Å². The maximum atomic E-state index is 14.1. The minimum Gasteiger partial charge on any atom is -0.337 e. The van der Waals surface area contributed by atoms with E-state index in [1.807, 2.05) is 30.3 Å². The van der Waals surface area contributed by atoms with Crippen LogP contribution in [0.15, 0.2) is 36.4 Å². The summed E-state index contributed by atoms with van der Waals surface area (Å²) in [6.45, 7) is 2.00. The van der Waals surface area contributed by atoms with Gasteiger partial charge in [-0.1, -0.05) is 30.3 Å². The zero-order chi connectivity index (χ0) is 22.5. The summed E-state index contributed by atoms with van der Waals surface area (Å²) in [6, 6.07) is 10.8. The summed E-state index contributed by atoms with van der Waals surface area (Å²) in [5, 5.41) is 14.0. The van der Waals surface area contributed by atoms with E-state index in [0.717, 1.165) is 5.56 Å². The third-order valence-corrected chi connectivity index (χ3v) is 6.16. The molecule has 3 heterocycles. The molecule has 1 fully saturated rings. The third kappa shape index (κ3) is 3.76. The van der Waals surface area contributed by atoms with Crippen molar-refractivity contribution >= 4 is 17.6 Å². The van der Waals surface area contributed by atoms with Crippen LogP contribution in [0, 0.1) is 0 Å². The van der Waals surface area contributed by atoms with Crippen molar-refractivity contribution in [2.24, 2.45) is 0 Å². The van der Waals surface area contributed by atoms with Crippen molar-refractivity contribution in [1.82, 2.24) is 30.3 Å². The predicted molar refractivity (Wildman–Crippen MR) is 114 cm³/mol. The molecule has 3 aromatic rings. The Balaban J connectivity index is 1.25. The second-order valence-electron chi connectivity index (χ2n) is 8.67. The number of hydrogen-bond acceptors (Lipinski definition) is 5. The van der Waals surface area contributed by atoms with Crippen LogP contribution in [-0.2, 0) is 17.8 Å². The Morgan fingerprint density at radius 3 is 2.81 bits per heavy atom. The summed E-state index contributed by atoms with van der Waals surface area (Å²) >= 11 is 0. The van der Waals surface area contributed by atoms with E-state index < -0.39 is 17.6 Å². The van der Waals surface area contributed by atoms with Crippen molar-refractivity contribution in [2.45, 2.75) is 50.4 Å². The van der Waals surface area contributed by atoms with E-state index in [4.69, 9.17) is 0 Å². The van der Waals surface area contributed by atoms with Gasteiger partial charge < -0.3 is 5.32 Å². The van der Waals surface area contributed by atoms with Gasteiger partial charge in [-0.2, -0.15) is 5.10 Å². The standard InChI is InChI=1S/C22H24FN7O2/c1-22(23)12-14(22)16-11-18-29(2)21(32)15(8-9-30(18)28-16)24-20(31)19-25-17(26-27-19)10-13-6-4-3-5-7-13/h3-7,11,14-15H,8-10,12H2,1-2H3,(H,24,31)(H,25,26,27)/t14?,15-,22?/m0/s1. The number of nitrogens with zero attached hydrogens (tertiary/aromatic N) is 5. The largest absolute Gasteiger partial charge is 0.337 e. The molecule has 2 aromatic heterocycles. The first kappa shape index (κ1) is 20.3. The number of alkyl halides is 1. The van der Waals surface area contributed by atoms with Crippen molar-refractivity contribution in [3.63, 3.8) is 0 Å². The van der Waals surface area contributed by atoms with Crippen molar-refractivity contribution in [3.8, 4) is 0 Å². The Hall–Kier alpha value is -3.56. The molecule has 1 saturated carbocycles. The Bertz CT molecular complexity index is 1170. The van der Waals surface area contributed by atoms with E-state index in [0.29, 0.717) is 43.1 Å². The summed E-state index contributed by atoms with van der Waals surface area (Å²) in [4.78, 5) is 31.4. The summed E-state index contributed by atoms with van der Waals surface area (Å²) in [7, 11) is 1.64. The van der Waals surface area contributed by atoms with Gasteiger partial charge in [-0.05, 0) is 25.3 Å². The lowest BCUT2D eigenvalue weighted by molar-refractivity contribution is -0.120. The number of nitrogens with one attached hydrogen (secondary N) is 2. The van der Waals surface area contributed by atoms with Crippen LogP contribution in [-0.4, -0.2) is 55.5 Å². The van der Waals surface area contributed by atoms with Crippen molar-refractivity contribution in [2.75, 3.05) is 11.9 Å². The van der Waals surface area contributed by atoms with E-state index in [1.54, 1.807) is 24.7 Å². The number of rotatable bonds is 5. The van der Waals surface area contributed by atoms with Crippen LogP contribution < -0.4 is 10.2 Å². The molecule has 0 bridgehead atoms. The van der Waals surface area contributed by atoms with Crippen LogP contribution >= 0.6 is 0 Å². The lowest BCUT2D eigenvalue weighted by Crippen LogP contribution is -2.47. The Morgan fingerprint density at radius 1 is 1.34 bits per heavy atom. The number of carbonyl (C=O) groups is 2. The van der Waals surface area contributed by atoms with Crippen molar-refractivity contribution in [3.05, 3.63) is 59.3 Å². The van der Waals surface area contributed by atoms with E-state index in [9.17, 15) is 14.0 Å². The molecule has 2 aliphatic rings. The van der Waals surface area contributed by atoms with Gasteiger partial charge in [0.05, 0.1) is 5.69 Å². The molecule has 0 saturated heterocycles. The fourth-order valence-electron chi connectivity index (χ4n) is 4.13. The van der Waals surface area contributed by atoms with Gasteiger partial charge in [-0.15, -0.1) is 5.10 Å². The highest BCUT2D eigenvalue weighted by molar-refractivity contribution is 6.00. The van der Waals surface area contributed by atoms with Crippen molar-refractivity contribution in [1.29, 1.82) is 0 Å². The zero-order valence-corrected chi connectivity index (χ0v) is 17.9. The van der Waals surface area contributed by atoms with E-state index in [2.05, 4.69) is 25.6 Å². The van der Waals surface area contributed by atoms with Crippen LogP contribution in [0.2, 0.25) is 0 Å². The SMILES string of the molecule is CN1C(=O)[C@@H](NC(=O)c2n[nH]c(Cc3ccccc3)n2)CCn2nc(C3CC3(C)F)cc21. The number of fused-ring (bicyclic) bond motifs is 1. The fourth-order valence-corrected chi connectivity index (χ4v) is 4.13. The first-order valence-electron chi connectivity index (χ1n) is 10.6. The Labute approximate surface area is 184 Å². The molecule has 10 heteroatoms. The number of anilines is 1. The molecule has 32 heavy (non-hydrogen) atoms. The maximum Gasteiger partial charge on any atom is 0.291 e. The van der Waals surface area contributed by atoms with E-state index in [-0.39, 0.29) is 17.6 Å². The molecule has 3 atom stereocenters. The first-order chi connectivity index (χ1) is 15.3. The van der Waals surface area contributed by atoms with Gasteiger partial charge in [0.2, 0.25) is 5.82 Å². The highest BCUT2D eigenvalue weighted by Gasteiger charge is 2.53. The second-order valence-corrected chi connectivity index (χ2v) is 8.67. The van der Waals surface area contributed by atoms with Gasteiger partial charge >= 0.3 is 0 Å². The summed E-state index contributed by atoms with van der Waals surface area (Å²) < 4.78 is 15.8. The monoisotopic (exact) mass is 437 g/mol. The molecule has 1 aromatic carbocycles. The summed E-state index contributed by atoms with van der Waals surface area (Å²) in [5.41, 5.74) is 0.485. The number of carbonyl (C=O) groups excluding carboxylic acids is 2.